The Labute approximate surface area is 181 Å². The van der Waals surface area contributed by atoms with Gasteiger partial charge in [-0.2, -0.15) is 0 Å². The first-order valence-electron chi connectivity index (χ1n) is 9.96. The van der Waals surface area contributed by atoms with E-state index >= 15 is 0 Å². The highest BCUT2D eigenvalue weighted by Crippen LogP contribution is 2.42. The molecule has 1 heterocycles. The molecule has 7 heteroatoms. The van der Waals surface area contributed by atoms with Gasteiger partial charge >= 0.3 is 5.97 Å². The number of aromatic nitrogens is 1. The molecule has 0 spiro atoms. The van der Waals surface area contributed by atoms with E-state index in [0.29, 0.717) is 29.0 Å². The van der Waals surface area contributed by atoms with Crippen LogP contribution < -0.4 is 0 Å². The SMILES string of the molecule is Cc1ccc(CC(=O)OCC(=O)N(C)C2(c3ccccc3Cl)CCCCC2=O)cn1. The highest BCUT2D eigenvalue weighted by Gasteiger charge is 2.47. The van der Waals surface area contributed by atoms with E-state index in [2.05, 4.69) is 4.98 Å². The minimum absolute atomic E-state index is 0.0266. The number of carbonyl (C=O) groups is 3. The van der Waals surface area contributed by atoms with E-state index in [1.54, 1.807) is 43.6 Å². The third kappa shape index (κ3) is 4.54. The van der Waals surface area contributed by atoms with Crippen LogP contribution in [0.4, 0.5) is 0 Å². The van der Waals surface area contributed by atoms with Gasteiger partial charge in [-0.05, 0) is 43.9 Å². The molecular formula is C23H25ClN2O4. The number of esters is 1. The van der Waals surface area contributed by atoms with Gasteiger partial charge in [-0.1, -0.05) is 35.9 Å². The number of benzene rings is 1. The van der Waals surface area contributed by atoms with Crippen molar-refractivity contribution in [2.75, 3.05) is 13.7 Å². The molecule has 0 N–H and O–H groups in total. The lowest BCUT2D eigenvalue weighted by atomic mass is 9.74. The minimum Gasteiger partial charge on any atom is -0.455 e. The van der Waals surface area contributed by atoms with Gasteiger partial charge in [0.05, 0.1) is 6.42 Å². The summed E-state index contributed by atoms with van der Waals surface area (Å²) in [5.74, 6) is -1.01. The summed E-state index contributed by atoms with van der Waals surface area (Å²) in [6, 6.07) is 10.7. The lowest BCUT2D eigenvalue weighted by Gasteiger charge is -2.43. The quantitative estimate of drug-likeness (QED) is 0.656. The standard InChI is InChI=1S/C23H25ClN2O4/c1-16-10-11-17(14-25-16)13-22(29)30-15-21(28)26(2)23(12-6-5-9-20(23)27)18-7-3-4-8-19(18)24/h3-4,7-8,10-11,14H,5-6,9,12-13,15H2,1-2H3. The first kappa shape index (κ1) is 22.0. The van der Waals surface area contributed by atoms with E-state index in [1.165, 1.54) is 4.90 Å². The molecule has 30 heavy (non-hydrogen) atoms. The zero-order chi connectivity index (χ0) is 21.7. The van der Waals surface area contributed by atoms with Crippen molar-refractivity contribution < 1.29 is 19.1 Å². The molecule has 0 saturated heterocycles. The fourth-order valence-corrected chi connectivity index (χ4v) is 4.19. The van der Waals surface area contributed by atoms with Crippen molar-refractivity contribution in [2.45, 2.75) is 44.6 Å². The first-order valence-corrected chi connectivity index (χ1v) is 10.3. The molecule has 1 unspecified atom stereocenters. The number of rotatable bonds is 6. The van der Waals surface area contributed by atoms with Gasteiger partial charge in [0.1, 0.15) is 5.54 Å². The summed E-state index contributed by atoms with van der Waals surface area (Å²) in [5, 5.41) is 0.441. The van der Waals surface area contributed by atoms with E-state index in [-0.39, 0.29) is 12.2 Å². The Kier molecular flexibility index (Phi) is 6.87. The normalized spacial score (nSPS) is 18.7. The summed E-state index contributed by atoms with van der Waals surface area (Å²) in [4.78, 5) is 43.7. The van der Waals surface area contributed by atoms with Crippen LogP contribution in [0.25, 0.3) is 0 Å². The van der Waals surface area contributed by atoms with Crippen LogP contribution in [0.1, 0.15) is 42.5 Å². The molecule has 1 aromatic heterocycles. The number of Topliss-reactive ketones (excluding diaryl/α,β-unsaturated/α-hetero) is 1. The second-order valence-electron chi connectivity index (χ2n) is 7.57. The number of amides is 1. The summed E-state index contributed by atoms with van der Waals surface area (Å²) < 4.78 is 5.19. The highest BCUT2D eigenvalue weighted by atomic mass is 35.5. The molecule has 158 valence electrons. The smallest absolute Gasteiger partial charge is 0.310 e. The number of nitrogens with zero attached hydrogens (tertiary/aromatic N) is 2. The topological polar surface area (TPSA) is 76.6 Å². The third-order valence-electron chi connectivity index (χ3n) is 5.60. The van der Waals surface area contributed by atoms with Crippen LogP contribution in [0.3, 0.4) is 0 Å². The number of carbonyl (C=O) groups excluding carboxylic acids is 3. The summed E-state index contributed by atoms with van der Waals surface area (Å²) in [5.41, 5.74) is 1.04. The maximum absolute atomic E-state index is 13.1. The maximum Gasteiger partial charge on any atom is 0.310 e. The lowest BCUT2D eigenvalue weighted by molar-refractivity contribution is -0.157. The molecule has 1 atom stereocenters. The Morgan fingerprint density at radius 1 is 1.20 bits per heavy atom. The fraction of sp³-hybridized carbons (Fsp3) is 0.391. The molecule has 1 amide bonds. The summed E-state index contributed by atoms with van der Waals surface area (Å²) in [7, 11) is 1.58. The Morgan fingerprint density at radius 3 is 2.63 bits per heavy atom. The number of likely N-dealkylation sites (N-methyl/N-ethyl adjacent to an activating group) is 1. The van der Waals surface area contributed by atoms with Crippen molar-refractivity contribution in [1.82, 2.24) is 9.88 Å². The number of hydrogen-bond acceptors (Lipinski definition) is 5. The number of ketones is 1. The van der Waals surface area contributed by atoms with Gasteiger partial charge in [0.15, 0.2) is 12.4 Å². The lowest BCUT2D eigenvalue weighted by Crippen LogP contribution is -2.55. The van der Waals surface area contributed by atoms with Crippen LogP contribution in [0.15, 0.2) is 42.6 Å². The van der Waals surface area contributed by atoms with Crippen LogP contribution >= 0.6 is 11.6 Å². The van der Waals surface area contributed by atoms with E-state index in [4.69, 9.17) is 16.3 Å². The van der Waals surface area contributed by atoms with Crippen LogP contribution in [-0.2, 0) is 31.1 Å². The van der Waals surface area contributed by atoms with Crippen molar-refractivity contribution in [2.24, 2.45) is 0 Å². The molecule has 2 aromatic rings. The summed E-state index contributed by atoms with van der Waals surface area (Å²) in [6.45, 7) is 1.42. The van der Waals surface area contributed by atoms with Gasteiger partial charge in [0, 0.05) is 35.9 Å². The molecule has 0 aliphatic heterocycles. The highest BCUT2D eigenvalue weighted by molar-refractivity contribution is 6.31. The number of ether oxygens (including phenoxy) is 1. The number of hydrogen-bond donors (Lipinski definition) is 0. The predicted molar refractivity (Wildman–Crippen MR) is 113 cm³/mol. The molecule has 1 saturated carbocycles. The molecule has 1 fully saturated rings. The van der Waals surface area contributed by atoms with E-state index in [1.807, 2.05) is 13.0 Å². The minimum atomic E-state index is -1.14. The van der Waals surface area contributed by atoms with Crippen molar-refractivity contribution in [3.8, 4) is 0 Å². The monoisotopic (exact) mass is 428 g/mol. The summed E-state index contributed by atoms with van der Waals surface area (Å²) >= 11 is 6.41. The number of halogens is 1. The van der Waals surface area contributed by atoms with Gasteiger partial charge in [-0.15, -0.1) is 0 Å². The number of aryl methyl sites for hydroxylation is 1. The Morgan fingerprint density at radius 2 is 1.97 bits per heavy atom. The molecule has 6 nitrogen and oxygen atoms in total. The van der Waals surface area contributed by atoms with E-state index in [0.717, 1.165) is 18.5 Å². The van der Waals surface area contributed by atoms with E-state index < -0.39 is 24.0 Å². The van der Waals surface area contributed by atoms with Gasteiger partial charge in [-0.25, -0.2) is 0 Å². The van der Waals surface area contributed by atoms with Gasteiger partial charge in [0.2, 0.25) is 0 Å². The Hall–Kier alpha value is -2.73. The second-order valence-corrected chi connectivity index (χ2v) is 7.98. The Bertz CT molecular complexity index is 944. The van der Waals surface area contributed by atoms with Gasteiger partial charge < -0.3 is 9.64 Å². The molecule has 0 bridgehead atoms. The van der Waals surface area contributed by atoms with Crippen molar-refractivity contribution >= 4 is 29.3 Å². The molecular weight excluding hydrogens is 404 g/mol. The van der Waals surface area contributed by atoms with Crippen molar-refractivity contribution in [1.29, 1.82) is 0 Å². The number of pyridine rings is 1. The molecule has 1 aromatic carbocycles. The second kappa shape index (κ2) is 9.39. The van der Waals surface area contributed by atoms with Gasteiger partial charge in [-0.3, -0.25) is 19.4 Å². The third-order valence-corrected chi connectivity index (χ3v) is 5.93. The van der Waals surface area contributed by atoms with Crippen LogP contribution in [0.2, 0.25) is 5.02 Å². The average Bonchev–Trinajstić information content (AvgIpc) is 2.74. The summed E-state index contributed by atoms with van der Waals surface area (Å²) in [6.07, 6.45) is 4.09. The van der Waals surface area contributed by atoms with Crippen molar-refractivity contribution in [3.05, 3.63) is 64.4 Å². The zero-order valence-electron chi connectivity index (χ0n) is 17.2. The molecule has 1 aliphatic rings. The van der Waals surface area contributed by atoms with Gasteiger partial charge in [0.25, 0.3) is 5.91 Å². The zero-order valence-corrected chi connectivity index (χ0v) is 17.9. The Balaban J connectivity index is 1.73. The van der Waals surface area contributed by atoms with Crippen LogP contribution in [0.5, 0.6) is 0 Å². The van der Waals surface area contributed by atoms with Crippen LogP contribution in [0, 0.1) is 6.92 Å². The molecule has 3 rings (SSSR count). The van der Waals surface area contributed by atoms with E-state index in [9.17, 15) is 14.4 Å². The molecule has 0 radical (unpaired) electrons. The van der Waals surface area contributed by atoms with Crippen molar-refractivity contribution in [3.63, 3.8) is 0 Å². The largest absolute Gasteiger partial charge is 0.455 e. The predicted octanol–water partition coefficient (Wildman–Crippen LogP) is 3.63. The maximum atomic E-state index is 13.1. The molecule has 1 aliphatic carbocycles. The fourth-order valence-electron chi connectivity index (χ4n) is 3.90. The average molecular weight is 429 g/mol. The van der Waals surface area contributed by atoms with Crippen LogP contribution in [-0.4, -0.2) is 41.2 Å². The first-order chi connectivity index (χ1) is 14.3.